The smallest absolute Gasteiger partial charge is 0.216 e. The van der Waals surface area contributed by atoms with E-state index in [2.05, 4.69) is 9.97 Å². The summed E-state index contributed by atoms with van der Waals surface area (Å²) in [4.78, 5) is 19.8. The second-order valence-corrected chi connectivity index (χ2v) is 4.46. The number of Topliss-reactive ketones (excluding diaryl/α,β-unsaturated/α-hetero) is 1. The Morgan fingerprint density at radius 2 is 2.12 bits per heavy atom. The lowest BCUT2D eigenvalue weighted by Crippen LogP contribution is -2.17. The molecule has 1 rings (SSSR count). The van der Waals surface area contributed by atoms with Crippen molar-refractivity contribution in [2.75, 3.05) is 6.61 Å². The number of aromatic nitrogens is 2. The van der Waals surface area contributed by atoms with E-state index in [1.165, 1.54) is 6.33 Å². The van der Waals surface area contributed by atoms with Crippen LogP contribution < -0.4 is 4.74 Å². The summed E-state index contributed by atoms with van der Waals surface area (Å²) in [7, 11) is 0. The van der Waals surface area contributed by atoms with Crippen molar-refractivity contribution in [1.82, 2.24) is 9.97 Å². The van der Waals surface area contributed by atoms with E-state index in [9.17, 15) is 4.79 Å². The Hall–Kier alpha value is -1.45. The lowest BCUT2D eigenvalue weighted by molar-refractivity contribution is -0.119. The molecule has 1 heterocycles. The Morgan fingerprint density at radius 3 is 2.65 bits per heavy atom. The van der Waals surface area contributed by atoms with Gasteiger partial charge in [-0.25, -0.2) is 9.97 Å². The Labute approximate surface area is 102 Å². The van der Waals surface area contributed by atoms with Crippen LogP contribution in [-0.2, 0) is 4.79 Å². The highest BCUT2D eigenvalue weighted by molar-refractivity contribution is 5.83. The van der Waals surface area contributed by atoms with Crippen LogP contribution >= 0.6 is 0 Å². The van der Waals surface area contributed by atoms with Crippen molar-refractivity contribution in [1.29, 1.82) is 0 Å². The third kappa shape index (κ3) is 3.80. The number of ether oxygens (including phenoxy) is 1. The van der Waals surface area contributed by atoms with Gasteiger partial charge in [0.15, 0.2) is 0 Å². The summed E-state index contributed by atoms with van der Waals surface area (Å²) in [5.74, 6) is 0.715. The first-order valence-electron chi connectivity index (χ1n) is 6.01. The van der Waals surface area contributed by atoms with Crippen molar-refractivity contribution in [2.45, 2.75) is 40.0 Å². The fraction of sp³-hybridized carbons (Fsp3) is 0.615. The maximum atomic E-state index is 11.6. The second-order valence-electron chi connectivity index (χ2n) is 4.46. The monoisotopic (exact) mass is 236 g/mol. The number of hydrogen-bond donors (Lipinski definition) is 0. The zero-order valence-corrected chi connectivity index (χ0v) is 10.9. The normalized spacial score (nSPS) is 12.5. The van der Waals surface area contributed by atoms with Crippen LogP contribution in [0.1, 0.15) is 45.7 Å². The molecular formula is C13H20N2O2. The number of ketones is 1. The average Bonchev–Trinajstić information content (AvgIpc) is 2.26. The zero-order chi connectivity index (χ0) is 12.8. The predicted octanol–water partition coefficient (Wildman–Crippen LogP) is 2.59. The standard InChI is InChI=1S/C13H20N2O2/c1-5-6-17-12-7-11(14-8-15-12)13(9(2)3)10(4)16/h7-9,13H,5-6H2,1-4H3. The van der Waals surface area contributed by atoms with E-state index >= 15 is 0 Å². The van der Waals surface area contributed by atoms with Crippen molar-refractivity contribution < 1.29 is 9.53 Å². The van der Waals surface area contributed by atoms with Gasteiger partial charge in [0, 0.05) is 6.07 Å². The summed E-state index contributed by atoms with van der Waals surface area (Å²) in [5, 5.41) is 0. The van der Waals surface area contributed by atoms with Crippen molar-refractivity contribution in [3.05, 3.63) is 18.1 Å². The van der Waals surface area contributed by atoms with Gasteiger partial charge < -0.3 is 4.74 Å². The van der Waals surface area contributed by atoms with Crippen LogP contribution in [0.4, 0.5) is 0 Å². The van der Waals surface area contributed by atoms with Crippen LogP contribution in [0.15, 0.2) is 12.4 Å². The van der Waals surface area contributed by atoms with Gasteiger partial charge in [-0.2, -0.15) is 0 Å². The minimum Gasteiger partial charge on any atom is -0.478 e. The molecule has 4 heteroatoms. The van der Waals surface area contributed by atoms with Crippen LogP contribution in [0, 0.1) is 5.92 Å². The van der Waals surface area contributed by atoms with Gasteiger partial charge in [-0.3, -0.25) is 4.79 Å². The lowest BCUT2D eigenvalue weighted by Gasteiger charge is -2.17. The molecule has 1 unspecified atom stereocenters. The van der Waals surface area contributed by atoms with Gasteiger partial charge in [0.2, 0.25) is 5.88 Å². The molecule has 0 amide bonds. The Balaban J connectivity index is 2.92. The maximum Gasteiger partial charge on any atom is 0.216 e. The van der Waals surface area contributed by atoms with Gasteiger partial charge in [-0.05, 0) is 19.3 Å². The quantitative estimate of drug-likeness (QED) is 0.761. The summed E-state index contributed by atoms with van der Waals surface area (Å²) in [6.45, 7) is 8.29. The largest absolute Gasteiger partial charge is 0.478 e. The first kappa shape index (κ1) is 13.6. The predicted molar refractivity (Wildman–Crippen MR) is 66.1 cm³/mol. The molecule has 0 fully saturated rings. The summed E-state index contributed by atoms with van der Waals surface area (Å²) in [6, 6.07) is 1.77. The summed E-state index contributed by atoms with van der Waals surface area (Å²) >= 11 is 0. The molecule has 1 aromatic rings. The molecule has 0 aliphatic carbocycles. The fourth-order valence-electron chi connectivity index (χ4n) is 1.83. The lowest BCUT2D eigenvalue weighted by atomic mass is 9.89. The van der Waals surface area contributed by atoms with Crippen molar-refractivity contribution in [3.8, 4) is 5.88 Å². The molecular weight excluding hydrogens is 216 g/mol. The van der Waals surface area contributed by atoms with Gasteiger partial charge in [0.1, 0.15) is 12.1 Å². The van der Waals surface area contributed by atoms with Crippen LogP contribution in [0.3, 0.4) is 0 Å². The van der Waals surface area contributed by atoms with Gasteiger partial charge >= 0.3 is 0 Å². The Kier molecular flexibility index (Phi) is 5.07. The molecule has 4 nitrogen and oxygen atoms in total. The molecule has 0 aliphatic heterocycles. The number of carbonyl (C=O) groups is 1. The molecule has 0 radical (unpaired) electrons. The molecule has 0 bridgehead atoms. The van der Waals surface area contributed by atoms with E-state index in [0.29, 0.717) is 12.5 Å². The summed E-state index contributed by atoms with van der Waals surface area (Å²) in [5.41, 5.74) is 0.744. The van der Waals surface area contributed by atoms with E-state index in [-0.39, 0.29) is 17.6 Å². The molecule has 0 N–H and O–H groups in total. The molecule has 1 aromatic heterocycles. The van der Waals surface area contributed by atoms with Gasteiger partial charge in [-0.1, -0.05) is 20.8 Å². The van der Waals surface area contributed by atoms with Gasteiger partial charge in [0.25, 0.3) is 0 Å². The van der Waals surface area contributed by atoms with Crippen molar-refractivity contribution in [2.24, 2.45) is 5.92 Å². The Bertz CT molecular complexity index is 377. The van der Waals surface area contributed by atoms with Gasteiger partial charge in [-0.15, -0.1) is 0 Å². The molecule has 0 saturated carbocycles. The van der Waals surface area contributed by atoms with Crippen molar-refractivity contribution >= 4 is 5.78 Å². The number of hydrogen-bond acceptors (Lipinski definition) is 4. The summed E-state index contributed by atoms with van der Waals surface area (Å²) < 4.78 is 5.44. The van der Waals surface area contributed by atoms with Crippen LogP contribution in [0.5, 0.6) is 5.88 Å². The number of carbonyl (C=O) groups excluding carboxylic acids is 1. The minimum absolute atomic E-state index is 0.125. The molecule has 0 aliphatic rings. The average molecular weight is 236 g/mol. The maximum absolute atomic E-state index is 11.6. The number of nitrogens with zero attached hydrogens (tertiary/aromatic N) is 2. The van der Waals surface area contributed by atoms with E-state index < -0.39 is 0 Å². The third-order valence-corrected chi connectivity index (χ3v) is 2.54. The molecule has 0 saturated heterocycles. The highest BCUT2D eigenvalue weighted by Gasteiger charge is 2.22. The molecule has 0 spiro atoms. The van der Waals surface area contributed by atoms with E-state index in [1.54, 1.807) is 13.0 Å². The fourth-order valence-corrected chi connectivity index (χ4v) is 1.83. The topological polar surface area (TPSA) is 52.1 Å². The van der Waals surface area contributed by atoms with Crippen LogP contribution in [-0.4, -0.2) is 22.4 Å². The molecule has 1 atom stereocenters. The highest BCUT2D eigenvalue weighted by atomic mass is 16.5. The van der Waals surface area contributed by atoms with E-state index in [4.69, 9.17) is 4.74 Å². The Morgan fingerprint density at radius 1 is 1.41 bits per heavy atom. The van der Waals surface area contributed by atoms with Crippen molar-refractivity contribution in [3.63, 3.8) is 0 Å². The molecule has 0 aromatic carbocycles. The second kappa shape index (κ2) is 6.33. The first-order valence-corrected chi connectivity index (χ1v) is 6.01. The van der Waals surface area contributed by atoms with Crippen LogP contribution in [0.2, 0.25) is 0 Å². The van der Waals surface area contributed by atoms with Gasteiger partial charge in [0.05, 0.1) is 18.2 Å². The van der Waals surface area contributed by atoms with E-state index in [0.717, 1.165) is 12.1 Å². The highest BCUT2D eigenvalue weighted by Crippen LogP contribution is 2.25. The number of rotatable bonds is 6. The van der Waals surface area contributed by atoms with Crippen LogP contribution in [0.25, 0.3) is 0 Å². The zero-order valence-electron chi connectivity index (χ0n) is 10.9. The first-order chi connectivity index (χ1) is 8.06. The SMILES string of the molecule is CCCOc1cc(C(C(C)=O)C(C)C)ncn1. The molecule has 17 heavy (non-hydrogen) atoms. The third-order valence-electron chi connectivity index (χ3n) is 2.54. The van der Waals surface area contributed by atoms with E-state index in [1.807, 2.05) is 20.8 Å². The molecule has 94 valence electrons. The minimum atomic E-state index is -0.179. The summed E-state index contributed by atoms with van der Waals surface area (Å²) in [6.07, 6.45) is 2.39.